The minimum absolute atomic E-state index is 0.0279. The number of hydrogen-bond acceptors (Lipinski definition) is 9. The maximum atomic E-state index is 14.3. The first kappa shape index (κ1) is 37.2. The molecule has 0 radical (unpaired) electrons. The zero-order chi connectivity index (χ0) is 38.5. The Morgan fingerprint density at radius 2 is 1.65 bits per heavy atom. The molecule has 1 unspecified atom stereocenters. The number of aromatic nitrogens is 2. The van der Waals surface area contributed by atoms with Crippen LogP contribution in [-0.2, 0) is 30.8 Å². The van der Waals surface area contributed by atoms with Gasteiger partial charge in [0.2, 0.25) is 27.7 Å². The third-order valence-corrected chi connectivity index (χ3v) is 13.1. The van der Waals surface area contributed by atoms with Gasteiger partial charge in [-0.1, -0.05) is 99.6 Å². The maximum Gasteiger partial charge on any atom is 0.259 e. The average molecular weight is 751 g/mol. The molecule has 7 rings (SSSR count). The zero-order valence-electron chi connectivity index (χ0n) is 30.7. The normalized spacial score (nSPS) is 23.6. The van der Waals surface area contributed by atoms with E-state index in [1.165, 1.54) is 11.0 Å². The second kappa shape index (κ2) is 13.9. The highest BCUT2D eigenvalue weighted by Gasteiger charge is 2.63. The van der Waals surface area contributed by atoms with Crippen LogP contribution in [0.15, 0.2) is 97.6 Å². The lowest BCUT2D eigenvalue weighted by molar-refractivity contribution is -0.142. The highest BCUT2D eigenvalue weighted by molar-refractivity contribution is 7.91. The topological polar surface area (TPSA) is 174 Å². The monoisotopic (exact) mass is 750 g/mol. The van der Waals surface area contributed by atoms with E-state index < -0.39 is 67.6 Å². The Balaban J connectivity index is 1.14. The van der Waals surface area contributed by atoms with Gasteiger partial charge < -0.3 is 20.7 Å². The molecule has 2 saturated carbocycles. The fourth-order valence-electron chi connectivity index (χ4n) is 7.24. The first-order valence-corrected chi connectivity index (χ1v) is 19.7. The SMILES string of the molecule is C=C[C@@H]1C[C@]1(NC(=O)[C@@H]1C[C@@H](Oc2nc(-c3ccccc3)nc3ccccc23)CN1C(=O)C(N)C(C)(C)C)C(=O)NS(=O)(=O)C1(Cc2ccccc2)CC1. The Morgan fingerprint density at radius 1 is 1.00 bits per heavy atom. The van der Waals surface area contributed by atoms with Gasteiger partial charge in [0.1, 0.15) is 17.7 Å². The number of likely N-dealkylation sites (tertiary alicyclic amines) is 1. The van der Waals surface area contributed by atoms with Crippen molar-refractivity contribution in [2.24, 2.45) is 17.1 Å². The van der Waals surface area contributed by atoms with Crippen LogP contribution < -0.4 is 20.5 Å². The van der Waals surface area contributed by atoms with Gasteiger partial charge in [-0.25, -0.2) is 13.4 Å². The van der Waals surface area contributed by atoms with Crippen molar-refractivity contribution in [3.8, 4) is 17.3 Å². The first-order chi connectivity index (χ1) is 25.7. The third kappa shape index (κ3) is 7.09. The van der Waals surface area contributed by atoms with Gasteiger partial charge in [-0.15, -0.1) is 6.58 Å². The van der Waals surface area contributed by atoms with E-state index in [9.17, 15) is 22.8 Å². The second-order valence-corrected chi connectivity index (χ2v) is 17.9. The number of benzene rings is 3. The molecule has 54 heavy (non-hydrogen) atoms. The van der Waals surface area contributed by atoms with E-state index in [4.69, 9.17) is 20.4 Å². The summed E-state index contributed by atoms with van der Waals surface area (Å²) in [6, 6.07) is 24.2. The molecule has 4 aromatic rings. The molecule has 3 amide bonds. The number of nitrogens with zero attached hydrogens (tertiary/aromatic N) is 3. The highest BCUT2D eigenvalue weighted by Crippen LogP contribution is 2.48. The summed E-state index contributed by atoms with van der Waals surface area (Å²) in [5.74, 6) is -1.63. The summed E-state index contributed by atoms with van der Waals surface area (Å²) < 4.78 is 35.2. The summed E-state index contributed by atoms with van der Waals surface area (Å²) in [5.41, 5.74) is 6.61. The molecule has 0 spiro atoms. The number of nitrogens with two attached hydrogens (primary N) is 1. The van der Waals surface area contributed by atoms with Crippen LogP contribution in [0.1, 0.15) is 52.0 Å². The Labute approximate surface area is 315 Å². The smallest absolute Gasteiger partial charge is 0.259 e. The van der Waals surface area contributed by atoms with Crippen molar-refractivity contribution in [3.63, 3.8) is 0 Å². The van der Waals surface area contributed by atoms with Crippen LogP contribution in [0.3, 0.4) is 0 Å². The molecule has 3 fully saturated rings. The zero-order valence-corrected chi connectivity index (χ0v) is 31.5. The van der Waals surface area contributed by atoms with Crippen LogP contribution in [0.4, 0.5) is 0 Å². The molecule has 12 nitrogen and oxygen atoms in total. The van der Waals surface area contributed by atoms with Gasteiger partial charge in [-0.3, -0.25) is 19.1 Å². The first-order valence-electron chi connectivity index (χ1n) is 18.3. The molecule has 0 bridgehead atoms. The Kier molecular flexibility index (Phi) is 9.59. The van der Waals surface area contributed by atoms with E-state index in [2.05, 4.69) is 16.6 Å². The van der Waals surface area contributed by atoms with Gasteiger partial charge >= 0.3 is 0 Å². The molecule has 3 aromatic carbocycles. The predicted molar refractivity (Wildman–Crippen MR) is 205 cm³/mol. The van der Waals surface area contributed by atoms with Crippen molar-refractivity contribution in [3.05, 3.63) is 103 Å². The molecule has 2 aliphatic carbocycles. The largest absolute Gasteiger partial charge is 0.472 e. The standard InChI is InChI=1S/C41H46N6O6S/c1-5-28-24-41(28,38(50)46-54(51,52)40(20-21-40)23-26-14-8-6-9-15-26)45-35(48)32-22-29(25-47(32)37(49)33(42)39(2,3)4)53-36-30-18-12-13-19-31(30)43-34(44-36)27-16-10-7-11-17-27/h5-19,28-29,32-33H,1,20-25,42H2,2-4H3,(H,45,48)(H,46,50)/t28-,29-,32+,33?,41-/m1/s1. The summed E-state index contributed by atoms with van der Waals surface area (Å²) in [6.07, 6.45) is 2.19. The van der Waals surface area contributed by atoms with Crippen molar-refractivity contribution in [2.75, 3.05) is 6.54 Å². The summed E-state index contributed by atoms with van der Waals surface area (Å²) in [5, 5.41) is 3.52. The lowest BCUT2D eigenvalue weighted by Crippen LogP contribution is -2.59. The average Bonchev–Trinajstić information content (AvgIpc) is 4.06. The van der Waals surface area contributed by atoms with E-state index in [0.717, 1.165) is 11.1 Å². The Morgan fingerprint density at radius 3 is 2.28 bits per heavy atom. The molecule has 13 heteroatoms. The molecule has 282 valence electrons. The van der Waals surface area contributed by atoms with Gasteiger partial charge in [0.25, 0.3) is 5.91 Å². The van der Waals surface area contributed by atoms with Crippen LogP contribution in [-0.4, -0.2) is 76.0 Å². The van der Waals surface area contributed by atoms with Crippen LogP contribution >= 0.6 is 0 Å². The number of fused-ring (bicyclic) bond motifs is 1. The number of amides is 3. The van der Waals surface area contributed by atoms with E-state index in [-0.39, 0.29) is 25.8 Å². The van der Waals surface area contributed by atoms with E-state index in [1.54, 1.807) is 0 Å². The van der Waals surface area contributed by atoms with Gasteiger partial charge in [0.15, 0.2) is 5.82 Å². The van der Waals surface area contributed by atoms with Crippen LogP contribution in [0, 0.1) is 11.3 Å². The molecule has 1 saturated heterocycles. The number of hydrogen-bond donors (Lipinski definition) is 3. The van der Waals surface area contributed by atoms with Gasteiger partial charge in [0, 0.05) is 17.9 Å². The van der Waals surface area contributed by atoms with Crippen molar-refractivity contribution in [2.45, 2.75) is 81.3 Å². The number of sulfonamides is 1. The van der Waals surface area contributed by atoms with Gasteiger partial charge in [-0.2, -0.15) is 4.98 Å². The number of carbonyl (C=O) groups is 3. The molecular formula is C41H46N6O6S. The molecule has 1 aliphatic heterocycles. The quantitative estimate of drug-likeness (QED) is 0.179. The van der Waals surface area contributed by atoms with E-state index >= 15 is 0 Å². The maximum absolute atomic E-state index is 14.3. The van der Waals surface area contributed by atoms with E-state index in [0.29, 0.717) is 35.4 Å². The predicted octanol–water partition coefficient (Wildman–Crippen LogP) is 4.30. The summed E-state index contributed by atoms with van der Waals surface area (Å²) in [6.45, 7) is 9.39. The lowest BCUT2D eigenvalue weighted by atomic mass is 9.86. The number of ether oxygens (including phenoxy) is 1. The summed E-state index contributed by atoms with van der Waals surface area (Å²) >= 11 is 0. The van der Waals surface area contributed by atoms with Crippen LogP contribution in [0.2, 0.25) is 0 Å². The van der Waals surface area contributed by atoms with E-state index in [1.807, 2.05) is 106 Å². The molecule has 5 atom stereocenters. The molecular weight excluding hydrogens is 705 g/mol. The second-order valence-electron chi connectivity index (χ2n) is 15.8. The number of para-hydroxylation sites is 1. The van der Waals surface area contributed by atoms with Crippen molar-refractivity contribution < 1.29 is 27.5 Å². The van der Waals surface area contributed by atoms with Crippen molar-refractivity contribution in [1.82, 2.24) is 24.9 Å². The van der Waals surface area contributed by atoms with Crippen molar-refractivity contribution in [1.29, 1.82) is 0 Å². The number of nitrogens with one attached hydrogen (secondary N) is 2. The van der Waals surface area contributed by atoms with Gasteiger partial charge in [-0.05, 0) is 48.8 Å². The molecule has 1 aromatic heterocycles. The third-order valence-electron chi connectivity index (χ3n) is 11.0. The fraction of sp³-hybridized carbons (Fsp3) is 0.390. The fourth-order valence-corrected chi connectivity index (χ4v) is 8.88. The van der Waals surface area contributed by atoms with Gasteiger partial charge in [0.05, 0.1) is 28.2 Å². The minimum Gasteiger partial charge on any atom is -0.472 e. The van der Waals surface area contributed by atoms with Crippen molar-refractivity contribution >= 4 is 38.6 Å². The lowest BCUT2D eigenvalue weighted by Gasteiger charge is -2.33. The minimum atomic E-state index is -4.11. The number of carbonyl (C=O) groups excluding carboxylic acids is 3. The molecule has 3 aliphatic rings. The highest BCUT2D eigenvalue weighted by atomic mass is 32.2. The van der Waals surface area contributed by atoms with Crippen LogP contribution in [0.25, 0.3) is 22.3 Å². The Hall–Kier alpha value is -5.14. The molecule has 2 heterocycles. The molecule has 4 N–H and O–H groups in total. The summed E-state index contributed by atoms with van der Waals surface area (Å²) in [7, 11) is -4.11. The summed E-state index contributed by atoms with van der Waals surface area (Å²) in [4.78, 5) is 53.2. The van der Waals surface area contributed by atoms with Crippen LogP contribution in [0.5, 0.6) is 5.88 Å². The number of rotatable bonds is 12. The Bertz CT molecular complexity index is 2210.